The van der Waals surface area contributed by atoms with Gasteiger partial charge in [0.15, 0.2) is 10.9 Å². The van der Waals surface area contributed by atoms with Crippen LogP contribution in [0, 0.1) is 26.6 Å². The van der Waals surface area contributed by atoms with Crippen molar-refractivity contribution in [1.29, 1.82) is 0 Å². The third kappa shape index (κ3) is 5.03. The van der Waals surface area contributed by atoms with E-state index in [4.69, 9.17) is 12.2 Å². The first-order chi connectivity index (χ1) is 15.4. The fourth-order valence-corrected chi connectivity index (χ4v) is 3.74. The Morgan fingerprint density at radius 1 is 0.938 bits per heavy atom. The number of anilines is 2. The minimum absolute atomic E-state index is 0.248. The fraction of sp³-hybridized carbons (Fsp3) is 0.208. The first-order valence-corrected chi connectivity index (χ1v) is 10.7. The third-order valence-electron chi connectivity index (χ3n) is 5.34. The number of nitrogens with zero attached hydrogens (tertiary/aromatic N) is 4. The Labute approximate surface area is 192 Å². The van der Waals surface area contributed by atoms with E-state index in [0.717, 1.165) is 22.6 Å². The van der Waals surface area contributed by atoms with Gasteiger partial charge in [0.05, 0.1) is 30.2 Å². The number of halogens is 1. The molecule has 2 N–H and O–H groups in total. The van der Waals surface area contributed by atoms with Crippen LogP contribution in [0.4, 0.5) is 15.9 Å². The molecule has 0 atom stereocenters. The molecule has 0 aliphatic carbocycles. The van der Waals surface area contributed by atoms with E-state index < -0.39 is 0 Å². The van der Waals surface area contributed by atoms with E-state index in [1.165, 1.54) is 23.3 Å². The molecular formula is C24H25FN6S. The van der Waals surface area contributed by atoms with Crippen LogP contribution in [-0.2, 0) is 13.1 Å². The van der Waals surface area contributed by atoms with Gasteiger partial charge >= 0.3 is 0 Å². The lowest BCUT2D eigenvalue weighted by Crippen LogP contribution is -2.20. The topological polar surface area (TPSA) is 59.7 Å². The number of benzene rings is 2. The SMILES string of the molecule is Cc1ccccc1Cn1ccc(NC(=S)Nc2c(C)nn(Cc3ccc(F)cc3)c2C)n1. The van der Waals surface area contributed by atoms with Gasteiger partial charge in [-0.3, -0.25) is 9.36 Å². The van der Waals surface area contributed by atoms with Crippen LogP contribution in [0.15, 0.2) is 60.8 Å². The highest BCUT2D eigenvalue weighted by Crippen LogP contribution is 2.21. The maximum Gasteiger partial charge on any atom is 0.176 e. The molecule has 0 aliphatic rings. The van der Waals surface area contributed by atoms with Crippen molar-refractivity contribution in [1.82, 2.24) is 19.6 Å². The summed E-state index contributed by atoms with van der Waals surface area (Å²) in [6.45, 7) is 7.25. The van der Waals surface area contributed by atoms with Crippen LogP contribution < -0.4 is 10.6 Å². The summed E-state index contributed by atoms with van der Waals surface area (Å²) in [5, 5.41) is 16.0. The fourth-order valence-electron chi connectivity index (χ4n) is 3.53. The molecule has 0 saturated heterocycles. The number of aryl methyl sites for hydroxylation is 2. The maximum atomic E-state index is 13.2. The second kappa shape index (κ2) is 9.32. The zero-order valence-corrected chi connectivity index (χ0v) is 19.1. The summed E-state index contributed by atoms with van der Waals surface area (Å²) in [7, 11) is 0. The highest BCUT2D eigenvalue weighted by atomic mass is 32.1. The number of aromatic nitrogens is 4. The van der Waals surface area contributed by atoms with E-state index in [9.17, 15) is 4.39 Å². The Bertz CT molecular complexity index is 1240. The Balaban J connectivity index is 1.40. The summed E-state index contributed by atoms with van der Waals surface area (Å²) >= 11 is 5.50. The van der Waals surface area contributed by atoms with Gasteiger partial charge in [-0.05, 0) is 61.8 Å². The molecule has 0 spiro atoms. The average Bonchev–Trinajstić information content (AvgIpc) is 3.30. The number of rotatable bonds is 6. The Hall–Kier alpha value is -3.52. The van der Waals surface area contributed by atoms with Gasteiger partial charge in [-0.15, -0.1) is 0 Å². The highest BCUT2D eigenvalue weighted by Gasteiger charge is 2.14. The van der Waals surface area contributed by atoms with Crippen LogP contribution in [0.1, 0.15) is 28.1 Å². The minimum atomic E-state index is -0.248. The van der Waals surface area contributed by atoms with Crippen LogP contribution >= 0.6 is 12.2 Å². The van der Waals surface area contributed by atoms with Crippen molar-refractivity contribution in [2.24, 2.45) is 0 Å². The third-order valence-corrected chi connectivity index (χ3v) is 5.55. The lowest BCUT2D eigenvalue weighted by atomic mass is 10.1. The Kier molecular flexibility index (Phi) is 6.32. The first kappa shape index (κ1) is 21.7. The molecule has 0 amide bonds. The van der Waals surface area contributed by atoms with Gasteiger partial charge in [-0.2, -0.15) is 10.2 Å². The molecular weight excluding hydrogens is 423 g/mol. The average molecular weight is 449 g/mol. The van der Waals surface area contributed by atoms with Gasteiger partial charge in [0.1, 0.15) is 5.82 Å². The largest absolute Gasteiger partial charge is 0.329 e. The van der Waals surface area contributed by atoms with Crippen LogP contribution in [0.3, 0.4) is 0 Å². The number of hydrogen-bond donors (Lipinski definition) is 2. The molecule has 2 heterocycles. The molecule has 0 aliphatic heterocycles. The maximum absolute atomic E-state index is 13.2. The summed E-state index contributed by atoms with van der Waals surface area (Å²) in [6, 6.07) is 16.6. The monoisotopic (exact) mass is 448 g/mol. The van der Waals surface area contributed by atoms with Gasteiger partial charge in [-0.1, -0.05) is 36.4 Å². The van der Waals surface area contributed by atoms with Gasteiger partial charge < -0.3 is 10.6 Å². The molecule has 4 rings (SSSR count). The quantitative estimate of drug-likeness (QED) is 0.404. The molecule has 0 radical (unpaired) electrons. The van der Waals surface area contributed by atoms with E-state index in [2.05, 4.69) is 39.9 Å². The molecule has 2 aromatic heterocycles. The van der Waals surface area contributed by atoms with Crippen LogP contribution in [0.25, 0.3) is 0 Å². The van der Waals surface area contributed by atoms with Crippen LogP contribution in [0.5, 0.6) is 0 Å². The van der Waals surface area contributed by atoms with Crippen LogP contribution in [-0.4, -0.2) is 24.7 Å². The van der Waals surface area contributed by atoms with E-state index in [-0.39, 0.29) is 5.82 Å². The Morgan fingerprint density at radius 2 is 1.69 bits per heavy atom. The van der Waals surface area contributed by atoms with Crippen molar-refractivity contribution in [3.8, 4) is 0 Å². The lowest BCUT2D eigenvalue weighted by Gasteiger charge is -2.10. The van der Waals surface area contributed by atoms with Crippen molar-refractivity contribution in [2.45, 2.75) is 33.9 Å². The molecule has 0 saturated carbocycles. The van der Waals surface area contributed by atoms with E-state index >= 15 is 0 Å². The lowest BCUT2D eigenvalue weighted by molar-refractivity contribution is 0.622. The van der Waals surface area contributed by atoms with Crippen molar-refractivity contribution in [3.05, 3.63) is 94.7 Å². The summed E-state index contributed by atoms with van der Waals surface area (Å²) in [4.78, 5) is 0. The first-order valence-electron chi connectivity index (χ1n) is 10.3. The van der Waals surface area contributed by atoms with Gasteiger partial charge in [0, 0.05) is 12.3 Å². The van der Waals surface area contributed by atoms with E-state index in [1.54, 1.807) is 12.1 Å². The molecule has 0 bridgehead atoms. The molecule has 0 fully saturated rings. The van der Waals surface area contributed by atoms with Crippen molar-refractivity contribution >= 4 is 28.8 Å². The predicted octanol–water partition coefficient (Wildman–Crippen LogP) is 5.05. The summed E-state index contributed by atoms with van der Waals surface area (Å²) in [5.74, 6) is 0.423. The molecule has 32 heavy (non-hydrogen) atoms. The summed E-state index contributed by atoms with van der Waals surface area (Å²) < 4.78 is 16.9. The Morgan fingerprint density at radius 3 is 2.44 bits per heavy atom. The molecule has 2 aromatic carbocycles. The second-order valence-corrected chi connectivity index (χ2v) is 8.14. The zero-order valence-electron chi connectivity index (χ0n) is 18.3. The minimum Gasteiger partial charge on any atom is -0.329 e. The normalized spacial score (nSPS) is 10.9. The summed E-state index contributed by atoms with van der Waals surface area (Å²) in [6.07, 6.45) is 1.93. The van der Waals surface area contributed by atoms with Crippen LogP contribution in [0.2, 0.25) is 0 Å². The molecule has 4 aromatic rings. The molecule has 164 valence electrons. The van der Waals surface area contributed by atoms with Gasteiger partial charge in [-0.25, -0.2) is 4.39 Å². The second-order valence-electron chi connectivity index (χ2n) is 7.73. The number of hydrogen-bond acceptors (Lipinski definition) is 3. The smallest absolute Gasteiger partial charge is 0.176 e. The van der Waals surface area contributed by atoms with E-state index in [1.807, 2.05) is 47.6 Å². The highest BCUT2D eigenvalue weighted by molar-refractivity contribution is 7.80. The molecule has 6 nitrogen and oxygen atoms in total. The number of thiocarbonyl (C=S) groups is 1. The van der Waals surface area contributed by atoms with Crippen molar-refractivity contribution in [3.63, 3.8) is 0 Å². The zero-order chi connectivity index (χ0) is 22.7. The summed E-state index contributed by atoms with van der Waals surface area (Å²) in [5.41, 5.74) is 6.06. The molecule has 8 heteroatoms. The standard InChI is InChI=1S/C24H25FN6S/c1-16-6-4-5-7-20(16)15-30-13-12-22(29-30)26-24(32)27-23-17(2)28-31(18(23)3)14-19-8-10-21(25)11-9-19/h4-13H,14-15H2,1-3H3,(H2,26,27,29,32). The van der Waals surface area contributed by atoms with E-state index in [0.29, 0.717) is 24.0 Å². The molecule has 0 unspecified atom stereocenters. The van der Waals surface area contributed by atoms with Crippen molar-refractivity contribution < 1.29 is 4.39 Å². The van der Waals surface area contributed by atoms with Gasteiger partial charge in [0.25, 0.3) is 0 Å². The van der Waals surface area contributed by atoms with Crippen molar-refractivity contribution in [2.75, 3.05) is 10.6 Å². The van der Waals surface area contributed by atoms with Gasteiger partial charge in [0.2, 0.25) is 0 Å². The predicted molar refractivity (Wildman–Crippen MR) is 130 cm³/mol. The number of nitrogens with one attached hydrogen (secondary N) is 2.